The maximum atomic E-state index is 11.3. The van der Waals surface area contributed by atoms with E-state index >= 15 is 0 Å². The topological polar surface area (TPSA) is 64.3 Å². The number of ether oxygens (including phenoxy) is 1. The van der Waals surface area contributed by atoms with Gasteiger partial charge in [0.05, 0.1) is 7.11 Å². The Bertz CT molecular complexity index is 354. The summed E-state index contributed by atoms with van der Waals surface area (Å²) in [6.45, 7) is 0. The molecule has 1 atom stereocenters. The van der Waals surface area contributed by atoms with Crippen molar-refractivity contribution >= 4 is 23.4 Å². The average molecular weight is 254 g/mol. The van der Waals surface area contributed by atoms with Crippen LogP contribution >= 0.6 is 11.8 Å². The van der Waals surface area contributed by atoms with E-state index in [1.165, 1.54) is 0 Å². The normalized spacial score (nSPS) is 11.9. The first-order chi connectivity index (χ1) is 8.17. The lowest BCUT2D eigenvalue weighted by molar-refractivity contribution is -0.118. The largest absolute Gasteiger partial charge is 0.497 e. The van der Waals surface area contributed by atoms with Crippen molar-refractivity contribution in [3.63, 3.8) is 0 Å². The maximum Gasteiger partial charge on any atom is 0.239 e. The molecule has 0 aromatic heterocycles. The van der Waals surface area contributed by atoms with Gasteiger partial charge in [-0.2, -0.15) is 11.8 Å². The van der Waals surface area contributed by atoms with E-state index in [4.69, 9.17) is 10.5 Å². The number of amides is 1. The monoisotopic (exact) mass is 254 g/mol. The van der Waals surface area contributed by atoms with Crippen LogP contribution in [0.3, 0.4) is 0 Å². The summed E-state index contributed by atoms with van der Waals surface area (Å²) in [6.07, 6.45) is 2.73. The molecule has 0 aliphatic carbocycles. The van der Waals surface area contributed by atoms with Crippen molar-refractivity contribution in [3.8, 4) is 5.75 Å². The molecule has 94 valence electrons. The number of nitrogens with one attached hydrogen (secondary N) is 1. The van der Waals surface area contributed by atoms with E-state index in [1.54, 1.807) is 18.9 Å². The molecule has 1 rings (SSSR count). The Morgan fingerprint density at radius 1 is 1.47 bits per heavy atom. The predicted molar refractivity (Wildman–Crippen MR) is 72.6 cm³/mol. The van der Waals surface area contributed by atoms with Gasteiger partial charge in [0.1, 0.15) is 11.8 Å². The molecule has 3 N–H and O–H groups in total. The Hall–Kier alpha value is -1.36. The van der Waals surface area contributed by atoms with Gasteiger partial charge in [-0.25, -0.2) is 0 Å². The lowest BCUT2D eigenvalue weighted by Crippen LogP contribution is -2.35. The van der Waals surface area contributed by atoms with Gasteiger partial charge in [-0.1, -0.05) is 0 Å². The number of benzene rings is 1. The smallest absolute Gasteiger partial charge is 0.239 e. The fourth-order valence-electron chi connectivity index (χ4n) is 1.41. The van der Waals surface area contributed by atoms with E-state index in [9.17, 15) is 4.79 Å². The summed E-state index contributed by atoms with van der Waals surface area (Å²) in [5.41, 5.74) is 6.22. The second kappa shape index (κ2) is 7.06. The predicted octanol–water partition coefficient (Wildman–Crippen LogP) is 1.71. The molecule has 1 amide bonds. The molecule has 0 fully saturated rings. The van der Waals surface area contributed by atoms with Crippen molar-refractivity contribution in [1.82, 2.24) is 0 Å². The van der Waals surface area contributed by atoms with Gasteiger partial charge in [-0.3, -0.25) is 4.79 Å². The Kier molecular flexibility index (Phi) is 5.69. The molecule has 0 radical (unpaired) electrons. The minimum Gasteiger partial charge on any atom is -0.497 e. The highest BCUT2D eigenvalue weighted by Gasteiger charge is 2.14. The minimum atomic E-state index is -0.324. The van der Waals surface area contributed by atoms with Crippen LogP contribution in [0.2, 0.25) is 0 Å². The Morgan fingerprint density at radius 2 is 2.12 bits per heavy atom. The van der Waals surface area contributed by atoms with E-state index in [-0.39, 0.29) is 11.9 Å². The van der Waals surface area contributed by atoms with Crippen LogP contribution in [0.1, 0.15) is 6.42 Å². The summed E-state index contributed by atoms with van der Waals surface area (Å²) < 4.78 is 5.06. The summed E-state index contributed by atoms with van der Waals surface area (Å²) in [7, 11) is 1.62. The highest BCUT2D eigenvalue weighted by atomic mass is 32.2. The van der Waals surface area contributed by atoms with Gasteiger partial charge in [0.15, 0.2) is 0 Å². The summed E-state index contributed by atoms with van der Waals surface area (Å²) in [6, 6.07) is 7.10. The first-order valence-electron chi connectivity index (χ1n) is 5.36. The molecule has 4 nitrogen and oxygen atoms in total. The zero-order valence-electron chi connectivity index (χ0n) is 10.1. The number of nitrogens with two attached hydrogens (primary N) is 1. The quantitative estimate of drug-likeness (QED) is 0.777. The third-order valence-corrected chi connectivity index (χ3v) is 3.03. The molecule has 0 aliphatic heterocycles. The lowest BCUT2D eigenvalue weighted by Gasteiger charge is -2.16. The zero-order chi connectivity index (χ0) is 12.7. The number of carbonyl (C=O) groups is 1. The van der Waals surface area contributed by atoms with E-state index in [0.717, 1.165) is 23.6 Å². The first kappa shape index (κ1) is 13.7. The summed E-state index contributed by atoms with van der Waals surface area (Å²) in [4.78, 5) is 11.3. The van der Waals surface area contributed by atoms with Crippen LogP contribution in [0, 0.1) is 0 Å². The molecule has 0 bridgehead atoms. The van der Waals surface area contributed by atoms with Crippen molar-refractivity contribution < 1.29 is 9.53 Å². The van der Waals surface area contributed by atoms with Gasteiger partial charge in [-0.15, -0.1) is 0 Å². The van der Waals surface area contributed by atoms with Crippen LogP contribution in [0.15, 0.2) is 24.3 Å². The SMILES string of the molecule is COc1ccc(NC(CCSC)C(N)=O)cc1. The van der Waals surface area contributed by atoms with Crippen LogP contribution in [0.25, 0.3) is 0 Å². The molecule has 1 unspecified atom stereocenters. The van der Waals surface area contributed by atoms with Crippen molar-refractivity contribution in [3.05, 3.63) is 24.3 Å². The Balaban J connectivity index is 2.61. The van der Waals surface area contributed by atoms with E-state index < -0.39 is 0 Å². The van der Waals surface area contributed by atoms with Crippen LogP contribution in [-0.2, 0) is 4.79 Å². The molecule has 0 saturated heterocycles. The third-order valence-electron chi connectivity index (χ3n) is 2.39. The van der Waals surface area contributed by atoms with Gasteiger partial charge in [0.2, 0.25) is 5.91 Å². The van der Waals surface area contributed by atoms with Gasteiger partial charge in [0.25, 0.3) is 0 Å². The second-order valence-corrected chi connectivity index (χ2v) is 4.59. The van der Waals surface area contributed by atoms with Crippen LogP contribution < -0.4 is 15.8 Å². The number of anilines is 1. The number of rotatable bonds is 7. The Morgan fingerprint density at radius 3 is 2.59 bits per heavy atom. The average Bonchev–Trinajstić information content (AvgIpc) is 2.35. The van der Waals surface area contributed by atoms with Crippen LogP contribution in [0.4, 0.5) is 5.69 Å². The van der Waals surface area contributed by atoms with Crippen LogP contribution in [-0.4, -0.2) is 31.1 Å². The number of thioether (sulfide) groups is 1. The summed E-state index contributed by atoms with van der Waals surface area (Å²) >= 11 is 1.70. The van der Waals surface area contributed by atoms with Crippen molar-refractivity contribution in [2.75, 3.05) is 24.4 Å². The molecule has 0 aliphatic rings. The lowest BCUT2D eigenvalue weighted by atomic mass is 10.2. The first-order valence-corrected chi connectivity index (χ1v) is 6.75. The highest BCUT2D eigenvalue weighted by molar-refractivity contribution is 7.98. The summed E-state index contributed by atoms with van der Waals surface area (Å²) in [5, 5.41) is 3.12. The van der Waals surface area contributed by atoms with Crippen molar-refractivity contribution in [1.29, 1.82) is 0 Å². The number of primary amides is 1. The van der Waals surface area contributed by atoms with Crippen molar-refractivity contribution in [2.45, 2.75) is 12.5 Å². The number of hydrogen-bond acceptors (Lipinski definition) is 4. The molecule has 17 heavy (non-hydrogen) atoms. The number of methoxy groups -OCH3 is 1. The second-order valence-electron chi connectivity index (χ2n) is 3.61. The maximum absolute atomic E-state index is 11.3. The standard InChI is InChI=1S/C12H18N2O2S/c1-16-10-5-3-9(4-6-10)14-11(12(13)15)7-8-17-2/h3-6,11,14H,7-8H2,1-2H3,(H2,13,15). The van der Waals surface area contributed by atoms with Crippen LogP contribution in [0.5, 0.6) is 5.75 Å². The molecule has 5 heteroatoms. The zero-order valence-corrected chi connectivity index (χ0v) is 10.9. The Labute approximate surface area is 106 Å². The number of carbonyl (C=O) groups excluding carboxylic acids is 1. The molecule has 0 heterocycles. The van der Waals surface area contributed by atoms with Gasteiger partial charge in [0, 0.05) is 5.69 Å². The molecule has 0 saturated carbocycles. The third kappa shape index (κ3) is 4.56. The van der Waals surface area contributed by atoms with Crippen molar-refractivity contribution in [2.24, 2.45) is 5.73 Å². The molecule has 0 spiro atoms. The number of hydrogen-bond donors (Lipinski definition) is 2. The minimum absolute atomic E-state index is 0.323. The molecule has 1 aromatic carbocycles. The molecule has 1 aromatic rings. The van der Waals surface area contributed by atoms with Gasteiger partial charge >= 0.3 is 0 Å². The summed E-state index contributed by atoms with van der Waals surface area (Å²) in [5.74, 6) is 1.36. The van der Waals surface area contributed by atoms with E-state index in [0.29, 0.717) is 0 Å². The van der Waals surface area contributed by atoms with Gasteiger partial charge in [-0.05, 0) is 42.7 Å². The van der Waals surface area contributed by atoms with Gasteiger partial charge < -0.3 is 15.8 Å². The fourth-order valence-corrected chi connectivity index (χ4v) is 1.88. The fraction of sp³-hybridized carbons (Fsp3) is 0.417. The van der Waals surface area contributed by atoms with E-state index in [2.05, 4.69) is 5.32 Å². The van der Waals surface area contributed by atoms with E-state index in [1.807, 2.05) is 30.5 Å². The highest BCUT2D eigenvalue weighted by Crippen LogP contribution is 2.16. The molecular formula is C12H18N2O2S. The molecular weight excluding hydrogens is 236 g/mol.